The molecule has 4 rings (SSSR count). The summed E-state index contributed by atoms with van der Waals surface area (Å²) in [7, 11) is 1.62. The molecule has 1 aromatic heterocycles. The predicted molar refractivity (Wildman–Crippen MR) is 160 cm³/mol. The zero-order chi connectivity index (χ0) is 30.8. The summed E-state index contributed by atoms with van der Waals surface area (Å²) in [4.78, 5) is 29.9. The minimum absolute atomic E-state index is 0.0171. The minimum atomic E-state index is -2.77. The molecule has 0 bridgehead atoms. The van der Waals surface area contributed by atoms with Gasteiger partial charge in [0.2, 0.25) is 11.9 Å². The molecule has 1 heterocycles. The lowest BCUT2D eigenvalue weighted by molar-refractivity contribution is -0.128. The maximum absolute atomic E-state index is 15.5. The summed E-state index contributed by atoms with van der Waals surface area (Å²) in [5, 5.41) is 8.38. The molecule has 0 unspecified atom stereocenters. The first-order valence-corrected chi connectivity index (χ1v) is 13.9. The first-order chi connectivity index (χ1) is 19.7. The van der Waals surface area contributed by atoms with Gasteiger partial charge in [0.15, 0.2) is 5.82 Å². The number of imidazole rings is 1. The van der Waals surface area contributed by atoms with Crippen LogP contribution in [-0.2, 0) is 18.4 Å². The first kappa shape index (κ1) is 31.2. The summed E-state index contributed by atoms with van der Waals surface area (Å²) >= 11 is 9.64. The molecule has 222 valence electrons. The number of aryl methyl sites for hydroxylation is 1. The maximum Gasteiger partial charge on any atom is 0.272 e. The van der Waals surface area contributed by atoms with Crippen LogP contribution in [-0.4, -0.2) is 34.4 Å². The molecule has 2 amide bonds. The van der Waals surface area contributed by atoms with E-state index in [-0.39, 0.29) is 46.0 Å². The van der Waals surface area contributed by atoms with Gasteiger partial charge in [0.25, 0.3) is 12.3 Å². The fourth-order valence-electron chi connectivity index (χ4n) is 3.91. The van der Waals surface area contributed by atoms with Crippen LogP contribution in [0.25, 0.3) is 11.0 Å². The normalized spacial score (nSPS) is 11.6. The van der Waals surface area contributed by atoms with Gasteiger partial charge in [0.1, 0.15) is 12.4 Å². The Balaban J connectivity index is 1.68. The second-order valence-corrected chi connectivity index (χ2v) is 11.8. The van der Waals surface area contributed by atoms with E-state index in [1.54, 1.807) is 56.7 Å². The topological polar surface area (TPSA) is 97.3 Å². The molecule has 0 fully saturated rings. The predicted octanol–water partition coefficient (Wildman–Crippen LogP) is 7.43. The minimum Gasteiger partial charge on any atom is -0.487 e. The number of amides is 2. The van der Waals surface area contributed by atoms with Gasteiger partial charge in [-0.15, -0.1) is 0 Å². The summed E-state index contributed by atoms with van der Waals surface area (Å²) in [6.45, 7) is 4.27. The number of nitrogens with one attached hydrogen (secondary N) is 3. The molecule has 0 saturated heterocycles. The van der Waals surface area contributed by atoms with Crippen LogP contribution in [0, 0.1) is 11.2 Å². The number of hydrogen-bond donors (Lipinski definition) is 3. The Morgan fingerprint density at radius 2 is 1.81 bits per heavy atom. The van der Waals surface area contributed by atoms with E-state index in [0.717, 1.165) is 4.47 Å². The van der Waals surface area contributed by atoms with Crippen molar-refractivity contribution in [2.45, 2.75) is 33.7 Å². The molecule has 8 nitrogen and oxygen atoms in total. The summed E-state index contributed by atoms with van der Waals surface area (Å²) < 4.78 is 49.2. The van der Waals surface area contributed by atoms with E-state index in [0.29, 0.717) is 16.7 Å². The zero-order valence-electron chi connectivity index (χ0n) is 23.1. The Bertz CT molecular complexity index is 1640. The largest absolute Gasteiger partial charge is 0.487 e. The number of halogens is 5. The number of carbonyl (C=O) groups is 2. The number of benzene rings is 3. The lowest BCUT2D eigenvalue weighted by atomic mass is 9.95. The molecular formula is C29H28BrClF3N5O3. The van der Waals surface area contributed by atoms with Crippen molar-refractivity contribution in [3.05, 3.63) is 75.0 Å². The highest BCUT2D eigenvalue weighted by Gasteiger charge is 2.23. The number of hydrogen-bond acceptors (Lipinski definition) is 5. The van der Waals surface area contributed by atoms with Crippen LogP contribution in [0.3, 0.4) is 0 Å². The highest BCUT2D eigenvalue weighted by atomic mass is 79.9. The third-order valence-electron chi connectivity index (χ3n) is 6.22. The molecule has 0 spiro atoms. The van der Waals surface area contributed by atoms with Crippen molar-refractivity contribution >= 4 is 67.7 Å². The Kier molecular flexibility index (Phi) is 9.37. The van der Waals surface area contributed by atoms with Crippen molar-refractivity contribution in [3.8, 4) is 5.75 Å². The van der Waals surface area contributed by atoms with E-state index < -0.39 is 30.2 Å². The second kappa shape index (κ2) is 12.6. The number of fused-ring (bicyclic) bond motifs is 1. The number of aromatic nitrogens is 2. The number of ether oxygens (including phenoxy) is 1. The highest BCUT2D eigenvalue weighted by molar-refractivity contribution is 9.10. The number of alkyl halides is 2. The lowest BCUT2D eigenvalue weighted by Crippen LogP contribution is -2.34. The average molecular weight is 667 g/mol. The monoisotopic (exact) mass is 665 g/mol. The number of carbonyl (C=O) groups excluding carboxylic acids is 2. The molecule has 0 aliphatic carbocycles. The van der Waals surface area contributed by atoms with Gasteiger partial charge in [-0.25, -0.2) is 18.2 Å². The molecular weight excluding hydrogens is 639 g/mol. The molecule has 4 aromatic rings. The molecule has 3 N–H and O–H groups in total. The molecule has 0 atom stereocenters. The van der Waals surface area contributed by atoms with Crippen LogP contribution in [0.15, 0.2) is 53.0 Å². The van der Waals surface area contributed by atoms with Crippen molar-refractivity contribution in [2.75, 3.05) is 17.2 Å². The van der Waals surface area contributed by atoms with Crippen LogP contribution in [0.5, 0.6) is 5.75 Å². The summed E-state index contributed by atoms with van der Waals surface area (Å²) in [6.07, 6.45) is -2.77. The van der Waals surface area contributed by atoms with Gasteiger partial charge in [-0.05, 0) is 36.4 Å². The third kappa shape index (κ3) is 7.16. The summed E-state index contributed by atoms with van der Waals surface area (Å²) in [6, 6.07) is 12.6. The van der Waals surface area contributed by atoms with Crippen molar-refractivity contribution in [2.24, 2.45) is 12.5 Å². The van der Waals surface area contributed by atoms with E-state index in [2.05, 4.69) is 36.9 Å². The van der Waals surface area contributed by atoms with E-state index in [9.17, 15) is 18.4 Å². The molecule has 3 aromatic carbocycles. The highest BCUT2D eigenvalue weighted by Crippen LogP contribution is 2.34. The van der Waals surface area contributed by atoms with Crippen LogP contribution < -0.4 is 20.7 Å². The Morgan fingerprint density at radius 1 is 1.12 bits per heavy atom. The molecule has 13 heteroatoms. The SMILES string of the molecule is Cn1c(Nc2c(Cl)ccc(CNC(=O)C(C)(C)C)c2F)nc2cc(C(=O)Nc3ccc(Br)cc3)c(OCC(F)F)cc21. The number of rotatable bonds is 9. The molecule has 0 radical (unpaired) electrons. The van der Waals surface area contributed by atoms with Gasteiger partial charge >= 0.3 is 0 Å². The Hall–Kier alpha value is -3.77. The van der Waals surface area contributed by atoms with Crippen LogP contribution in [0.2, 0.25) is 5.02 Å². The van der Waals surface area contributed by atoms with Crippen molar-refractivity contribution in [1.82, 2.24) is 14.9 Å². The number of nitrogens with zero attached hydrogens (tertiary/aromatic N) is 2. The van der Waals surface area contributed by atoms with E-state index >= 15 is 4.39 Å². The summed E-state index contributed by atoms with van der Waals surface area (Å²) in [5.41, 5.74) is 0.685. The van der Waals surface area contributed by atoms with Gasteiger partial charge in [-0.1, -0.05) is 54.4 Å². The Labute approximate surface area is 253 Å². The second-order valence-electron chi connectivity index (χ2n) is 10.4. The van der Waals surface area contributed by atoms with E-state index in [1.807, 2.05) is 0 Å². The quantitative estimate of drug-likeness (QED) is 0.173. The van der Waals surface area contributed by atoms with E-state index in [4.69, 9.17) is 16.3 Å². The zero-order valence-corrected chi connectivity index (χ0v) is 25.5. The van der Waals surface area contributed by atoms with Crippen molar-refractivity contribution < 1.29 is 27.5 Å². The fourth-order valence-corrected chi connectivity index (χ4v) is 4.37. The number of anilines is 3. The maximum atomic E-state index is 15.5. The van der Waals surface area contributed by atoms with Gasteiger partial charge in [0, 0.05) is 40.8 Å². The van der Waals surface area contributed by atoms with Gasteiger partial charge in [-0.3, -0.25) is 9.59 Å². The first-order valence-electron chi connectivity index (χ1n) is 12.7. The summed E-state index contributed by atoms with van der Waals surface area (Å²) in [5.74, 6) is -1.44. The van der Waals surface area contributed by atoms with E-state index in [1.165, 1.54) is 24.3 Å². The smallest absolute Gasteiger partial charge is 0.272 e. The van der Waals surface area contributed by atoms with Crippen molar-refractivity contribution in [1.29, 1.82) is 0 Å². The Morgan fingerprint density at radius 3 is 2.45 bits per heavy atom. The molecule has 42 heavy (non-hydrogen) atoms. The third-order valence-corrected chi connectivity index (χ3v) is 7.07. The standard InChI is InChI=1S/C29H28BrClF3N5O3/c1-29(2,3)27(41)35-13-15-5-10-19(31)25(24(15)34)38-28-37-20-11-18(26(40)36-17-8-6-16(30)7-9-17)22(42-14-23(32)33)12-21(20)39(28)4/h5-12,23H,13-14H2,1-4H3,(H,35,41)(H,36,40)(H,37,38). The molecule has 0 aliphatic heterocycles. The molecule has 0 saturated carbocycles. The van der Waals surface area contributed by atoms with Gasteiger partial charge in [0.05, 0.1) is 27.3 Å². The van der Waals surface area contributed by atoms with Crippen LogP contribution in [0.4, 0.5) is 30.5 Å². The molecule has 0 aliphatic rings. The van der Waals surface area contributed by atoms with Crippen molar-refractivity contribution in [3.63, 3.8) is 0 Å². The van der Waals surface area contributed by atoms with Gasteiger partial charge in [-0.2, -0.15) is 0 Å². The lowest BCUT2D eigenvalue weighted by Gasteiger charge is -2.18. The van der Waals surface area contributed by atoms with Crippen LogP contribution in [0.1, 0.15) is 36.7 Å². The average Bonchev–Trinajstić information content (AvgIpc) is 3.23. The fraction of sp³-hybridized carbons (Fsp3) is 0.276. The van der Waals surface area contributed by atoms with Crippen LogP contribution >= 0.6 is 27.5 Å². The van der Waals surface area contributed by atoms with Gasteiger partial charge < -0.3 is 25.3 Å².